The van der Waals surface area contributed by atoms with Crippen LogP contribution < -0.4 is 0 Å². The lowest BCUT2D eigenvalue weighted by atomic mass is 9.96. The zero-order valence-corrected chi connectivity index (χ0v) is 9.80. The van der Waals surface area contributed by atoms with Gasteiger partial charge in [0, 0.05) is 12.1 Å². The molecule has 0 bridgehead atoms. The Bertz CT molecular complexity index is 201. The molecule has 2 nitrogen and oxygen atoms in total. The summed E-state index contributed by atoms with van der Waals surface area (Å²) in [6, 6.07) is 0. The predicted octanol–water partition coefficient (Wildman–Crippen LogP) is 2.88. The molecule has 0 radical (unpaired) electrons. The minimum atomic E-state index is -2.62. The first-order valence-corrected chi connectivity index (χ1v) is 5.79. The maximum absolute atomic E-state index is 11.9. The van der Waals surface area contributed by atoms with Crippen molar-refractivity contribution < 1.29 is 13.5 Å². The van der Waals surface area contributed by atoms with E-state index in [0.29, 0.717) is 6.54 Å². The van der Waals surface area contributed by atoms with E-state index >= 15 is 0 Å². The molecule has 15 heavy (non-hydrogen) atoms. The Morgan fingerprint density at radius 1 is 1.40 bits per heavy atom. The van der Waals surface area contributed by atoms with Crippen molar-refractivity contribution in [3.63, 3.8) is 0 Å². The van der Waals surface area contributed by atoms with E-state index in [1.165, 1.54) is 6.42 Å². The van der Waals surface area contributed by atoms with Crippen LogP contribution in [0.2, 0.25) is 0 Å². The Kier molecular flexibility index (Phi) is 4.46. The normalized spacial score (nSPS) is 35.2. The fourth-order valence-electron chi connectivity index (χ4n) is 2.66. The van der Waals surface area contributed by atoms with Gasteiger partial charge in [0.1, 0.15) is 0 Å². The molecule has 0 spiro atoms. The van der Waals surface area contributed by atoms with Crippen molar-refractivity contribution in [2.45, 2.75) is 58.3 Å². The molecule has 0 amide bonds. The van der Waals surface area contributed by atoms with Gasteiger partial charge < -0.3 is 4.74 Å². The molecule has 2 aliphatic rings. The van der Waals surface area contributed by atoms with E-state index in [2.05, 4.69) is 16.6 Å². The van der Waals surface area contributed by atoms with Crippen LogP contribution in [0.25, 0.3) is 0 Å². The molecule has 2 heterocycles. The third-order valence-electron chi connectivity index (χ3n) is 3.29. The van der Waals surface area contributed by atoms with Gasteiger partial charge in [0.2, 0.25) is 0 Å². The quantitative estimate of drug-likeness (QED) is 0.711. The van der Waals surface area contributed by atoms with Gasteiger partial charge in [-0.1, -0.05) is 13.8 Å². The Labute approximate surface area is 90.6 Å². The van der Waals surface area contributed by atoms with Crippen molar-refractivity contribution in [1.82, 2.24) is 4.90 Å². The maximum Gasteiger partial charge on any atom is 0.345 e. The summed E-state index contributed by atoms with van der Waals surface area (Å²) in [5, 5.41) is 0. The molecule has 90 valence electrons. The number of alkyl halides is 2. The Balaban J connectivity index is 0.000000531. The van der Waals surface area contributed by atoms with Gasteiger partial charge in [-0.2, -0.15) is 8.78 Å². The van der Waals surface area contributed by atoms with Crippen LogP contribution in [0.15, 0.2) is 0 Å². The summed E-state index contributed by atoms with van der Waals surface area (Å²) in [5.41, 5.74) is 0.138. The summed E-state index contributed by atoms with van der Waals surface area (Å²) in [7, 11) is 0. The molecule has 0 N–H and O–H groups in total. The van der Waals surface area contributed by atoms with Crippen molar-refractivity contribution in [2.24, 2.45) is 0 Å². The van der Waals surface area contributed by atoms with E-state index in [0.717, 1.165) is 19.4 Å². The molecular formula is C11H21F2NO. The number of halogens is 2. The fraction of sp³-hybridized carbons (Fsp3) is 1.00. The van der Waals surface area contributed by atoms with Crippen molar-refractivity contribution >= 4 is 0 Å². The molecular weight excluding hydrogens is 200 g/mol. The van der Waals surface area contributed by atoms with Gasteiger partial charge in [-0.25, -0.2) is 0 Å². The molecule has 0 aromatic carbocycles. The largest absolute Gasteiger partial charge is 0.345 e. The molecule has 0 saturated carbocycles. The van der Waals surface area contributed by atoms with Gasteiger partial charge in [0.25, 0.3) is 0 Å². The molecule has 2 atom stereocenters. The van der Waals surface area contributed by atoms with Gasteiger partial charge >= 0.3 is 6.61 Å². The predicted molar refractivity (Wildman–Crippen MR) is 56.1 cm³/mol. The van der Waals surface area contributed by atoms with Crippen LogP contribution in [0.4, 0.5) is 8.78 Å². The van der Waals surface area contributed by atoms with Crippen molar-refractivity contribution in [3.8, 4) is 0 Å². The summed E-state index contributed by atoms with van der Waals surface area (Å²) < 4.78 is 28.4. The standard InChI is InChI=1S/C9H15F2NO.C2H6/c1-9-3-2-4-12(9)6-7(5-9)13-8(10)11;1-2/h7-8H,2-6H2,1H3;1-2H3. The second-order valence-corrected chi connectivity index (χ2v) is 4.27. The first-order valence-electron chi connectivity index (χ1n) is 5.79. The van der Waals surface area contributed by atoms with Crippen LogP contribution in [0.1, 0.15) is 40.0 Å². The highest BCUT2D eigenvalue weighted by Crippen LogP contribution is 2.39. The molecule has 4 heteroatoms. The molecule has 2 unspecified atom stereocenters. The topological polar surface area (TPSA) is 12.5 Å². The lowest BCUT2D eigenvalue weighted by Crippen LogP contribution is -2.34. The monoisotopic (exact) mass is 221 g/mol. The number of hydrogen-bond acceptors (Lipinski definition) is 2. The van der Waals surface area contributed by atoms with Crippen LogP contribution in [0.3, 0.4) is 0 Å². The number of rotatable bonds is 2. The first-order chi connectivity index (χ1) is 7.10. The highest BCUT2D eigenvalue weighted by molar-refractivity contribution is 5.00. The first kappa shape index (κ1) is 12.8. The van der Waals surface area contributed by atoms with E-state index in [1.807, 2.05) is 13.8 Å². The number of fused-ring (bicyclic) bond motifs is 1. The minimum absolute atomic E-state index is 0.138. The molecule has 0 aliphatic carbocycles. The SMILES string of the molecule is CC.CC12CCCN1CC(OC(F)F)C2. The van der Waals surface area contributed by atoms with Crippen LogP contribution in [0, 0.1) is 0 Å². The fourth-order valence-corrected chi connectivity index (χ4v) is 2.66. The second kappa shape index (κ2) is 5.21. The number of nitrogens with zero attached hydrogens (tertiary/aromatic N) is 1. The summed E-state index contributed by atoms with van der Waals surface area (Å²) in [6.45, 7) is 5.25. The van der Waals surface area contributed by atoms with E-state index in [9.17, 15) is 8.78 Å². The zero-order valence-electron chi connectivity index (χ0n) is 9.80. The molecule has 2 fully saturated rings. The summed E-state index contributed by atoms with van der Waals surface area (Å²) in [5.74, 6) is 0. The third-order valence-corrected chi connectivity index (χ3v) is 3.29. The average Bonchev–Trinajstić information content (AvgIpc) is 2.61. The van der Waals surface area contributed by atoms with Crippen LogP contribution in [-0.2, 0) is 4.74 Å². The van der Waals surface area contributed by atoms with Gasteiger partial charge in [-0.15, -0.1) is 0 Å². The highest BCUT2D eigenvalue weighted by Gasteiger charge is 2.45. The van der Waals surface area contributed by atoms with E-state index in [4.69, 9.17) is 0 Å². The van der Waals surface area contributed by atoms with Gasteiger partial charge in [0.15, 0.2) is 0 Å². The second-order valence-electron chi connectivity index (χ2n) is 4.27. The van der Waals surface area contributed by atoms with Gasteiger partial charge in [0.05, 0.1) is 6.10 Å². The van der Waals surface area contributed by atoms with Crippen LogP contribution in [-0.4, -0.2) is 36.2 Å². The highest BCUT2D eigenvalue weighted by atomic mass is 19.3. The maximum atomic E-state index is 11.9. The molecule has 2 rings (SSSR count). The molecule has 2 aliphatic heterocycles. The smallest absolute Gasteiger partial charge is 0.318 e. The van der Waals surface area contributed by atoms with Gasteiger partial charge in [-0.05, 0) is 32.7 Å². The third kappa shape index (κ3) is 2.88. The summed E-state index contributed by atoms with van der Waals surface area (Å²) in [6.07, 6.45) is 2.82. The van der Waals surface area contributed by atoms with E-state index in [-0.39, 0.29) is 11.6 Å². The minimum Gasteiger partial charge on any atom is -0.318 e. The van der Waals surface area contributed by atoms with Crippen molar-refractivity contribution in [3.05, 3.63) is 0 Å². The van der Waals surface area contributed by atoms with Crippen LogP contribution >= 0.6 is 0 Å². The Hall–Kier alpha value is -0.220. The Morgan fingerprint density at radius 3 is 2.60 bits per heavy atom. The van der Waals surface area contributed by atoms with E-state index in [1.54, 1.807) is 0 Å². The van der Waals surface area contributed by atoms with Crippen molar-refractivity contribution in [2.75, 3.05) is 13.1 Å². The molecule has 2 saturated heterocycles. The van der Waals surface area contributed by atoms with E-state index < -0.39 is 6.61 Å². The lowest BCUT2D eigenvalue weighted by Gasteiger charge is -2.26. The van der Waals surface area contributed by atoms with Crippen LogP contribution in [0.5, 0.6) is 0 Å². The lowest BCUT2D eigenvalue weighted by molar-refractivity contribution is -0.159. The number of hydrogen-bond donors (Lipinski definition) is 0. The Morgan fingerprint density at radius 2 is 2.07 bits per heavy atom. The number of ether oxygens (including phenoxy) is 1. The summed E-state index contributed by atoms with van der Waals surface area (Å²) in [4.78, 5) is 2.28. The van der Waals surface area contributed by atoms with Crippen molar-refractivity contribution in [1.29, 1.82) is 0 Å². The zero-order chi connectivity index (χ0) is 11.5. The summed E-state index contributed by atoms with van der Waals surface area (Å²) >= 11 is 0. The average molecular weight is 221 g/mol. The molecule has 0 aromatic heterocycles. The molecule has 0 aromatic rings. The van der Waals surface area contributed by atoms with Gasteiger partial charge in [-0.3, -0.25) is 4.90 Å².